The van der Waals surface area contributed by atoms with E-state index in [1.165, 1.54) is 19.2 Å². The first-order valence-electron chi connectivity index (χ1n) is 8.78. The highest BCUT2D eigenvalue weighted by Gasteiger charge is 2.24. The van der Waals surface area contributed by atoms with Crippen molar-refractivity contribution in [1.82, 2.24) is 19.5 Å². The van der Waals surface area contributed by atoms with Crippen molar-refractivity contribution < 1.29 is 18.1 Å². The van der Waals surface area contributed by atoms with E-state index in [4.69, 9.17) is 4.74 Å². The largest absolute Gasteiger partial charge is 0.496 e. The second-order valence-corrected chi connectivity index (χ2v) is 8.84. The maximum absolute atomic E-state index is 12.0. The third-order valence-electron chi connectivity index (χ3n) is 4.29. The Labute approximate surface area is 177 Å². The van der Waals surface area contributed by atoms with Gasteiger partial charge >= 0.3 is 0 Å². The van der Waals surface area contributed by atoms with Gasteiger partial charge in [0.2, 0.25) is 10.0 Å². The average molecular weight is 450 g/mol. The first-order valence-corrected chi connectivity index (χ1v) is 11.1. The fraction of sp³-hybridized carbons (Fsp3) is 0.222. The fourth-order valence-corrected chi connectivity index (χ4v) is 4.52. The maximum atomic E-state index is 12.0. The summed E-state index contributed by atoms with van der Waals surface area (Å²) >= 11 is 1.04. The first-order chi connectivity index (χ1) is 14.3. The second-order valence-electron chi connectivity index (χ2n) is 5.95. The molecular weight excluding hydrogens is 430 g/mol. The van der Waals surface area contributed by atoms with Crippen LogP contribution in [0.5, 0.6) is 5.75 Å². The van der Waals surface area contributed by atoms with Crippen molar-refractivity contribution in [3.05, 3.63) is 52.6 Å². The average Bonchev–Trinajstić information content (AvgIpc) is 3.15. The number of nitro groups is 1. The summed E-state index contributed by atoms with van der Waals surface area (Å²) in [6.07, 6.45) is 0. The molecule has 0 atom stereocenters. The van der Waals surface area contributed by atoms with Crippen LogP contribution in [0, 0.1) is 10.1 Å². The van der Waals surface area contributed by atoms with Crippen molar-refractivity contribution >= 4 is 27.5 Å². The number of aromatic nitrogens is 3. The molecule has 1 aromatic heterocycles. The zero-order chi connectivity index (χ0) is 21.9. The molecule has 0 amide bonds. The lowest BCUT2D eigenvalue weighted by molar-refractivity contribution is -0.388. The SMILES string of the molecule is CCn1c(Sc2ccc(S(=O)(=O)NC)cc2[N+](=O)[O-])nnc1-c1ccccc1OC. The van der Waals surface area contributed by atoms with E-state index in [-0.39, 0.29) is 15.5 Å². The van der Waals surface area contributed by atoms with E-state index in [1.807, 2.05) is 35.8 Å². The van der Waals surface area contributed by atoms with Gasteiger partial charge in [-0.2, -0.15) is 0 Å². The van der Waals surface area contributed by atoms with Crippen LogP contribution in [0.15, 0.2) is 57.4 Å². The van der Waals surface area contributed by atoms with Crippen molar-refractivity contribution in [1.29, 1.82) is 0 Å². The third kappa shape index (κ3) is 4.15. The monoisotopic (exact) mass is 449 g/mol. The number of nitrogens with zero attached hydrogens (tertiary/aromatic N) is 4. The van der Waals surface area contributed by atoms with Gasteiger partial charge in [0.1, 0.15) is 5.75 Å². The van der Waals surface area contributed by atoms with Gasteiger partial charge in [-0.1, -0.05) is 12.1 Å². The number of hydrogen-bond acceptors (Lipinski definition) is 8. The van der Waals surface area contributed by atoms with Gasteiger partial charge in [-0.25, -0.2) is 13.1 Å². The summed E-state index contributed by atoms with van der Waals surface area (Å²) in [6, 6.07) is 11.1. The molecule has 10 nitrogen and oxygen atoms in total. The summed E-state index contributed by atoms with van der Waals surface area (Å²) in [5.74, 6) is 1.19. The Kier molecular flexibility index (Phi) is 6.39. The molecule has 0 saturated carbocycles. The molecule has 0 fully saturated rings. The van der Waals surface area contributed by atoms with Crippen molar-refractivity contribution in [2.45, 2.75) is 28.4 Å². The number of hydrogen-bond donors (Lipinski definition) is 1. The molecule has 3 aromatic rings. The molecule has 3 rings (SSSR count). The molecule has 1 heterocycles. The maximum Gasteiger partial charge on any atom is 0.284 e. The fourth-order valence-electron chi connectivity index (χ4n) is 2.79. The van der Waals surface area contributed by atoms with E-state index >= 15 is 0 Å². The molecule has 0 bridgehead atoms. The van der Waals surface area contributed by atoms with Gasteiger partial charge in [-0.05, 0) is 50.0 Å². The van der Waals surface area contributed by atoms with Crippen LogP contribution in [0.4, 0.5) is 5.69 Å². The lowest BCUT2D eigenvalue weighted by Crippen LogP contribution is -2.18. The van der Waals surface area contributed by atoms with Crippen molar-refractivity contribution in [3.8, 4) is 17.1 Å². The van der Waals surface area contributed by atoms with Crippen LogP contribution in [-0.4, -0.2) is 42.3 Å². The Hall–Kier alpha value is -2.96. The van der Waals surface area contributed by atoms with Crippen LogP contribution < -0.4 is 9.46 Å². The van der Waals surface area contributed by atoms with Gasteiger partial charge < -0.3 is 9.30 Å². The number of para-hydroxylation sites is 1. The van der Waals surface area contributed by atoms with Crippen LogP contribution in [0.25, 0.3) is 11.4 Å². The number of methoxy groups -OCH3 is 1. The summed E-state index contributed by atoms with van der Waals surface area (Å²) in [4.78, 5) is 11.0. The van der Waals surface area contributed by atoms with Gasteiger partial charge in [0, 0.05) is 12.6 Å². The topological polar surface area (TPSA) is 129 Å². The van der Waals surface area contributed by atoms with Gasteiger partial charge in [0.25, 0.3) is 5.69 Å². The predicted molar refractivity (Wildman–Crippen MR) is 111 cm³/mol. The lowest BCUT2D eigenvalue weighted by Gasteiger charge is -2.10. The molecule has 30 heavy (non-hydrogen) atoms. The molecule has 0 saturated heterocycles. The van der Waals surface area contributed by atoms with Crippen molar-refractivity contribution in [2.75, 3.05) is 14.2 Å². The number of ether oxygens (including phenoxy) is 1. The Balaban J connectivity index is 2.05. The molecule has 0 spiro atoms. The molecular formula is C18H19N5O5S2. The Morgan fingerprint density at radius 3 is 2.60 bits per heavy atom. The van der Waals surface area contributed by atoms with E-state index in [1.54, 1.807) is 7.11 Å². The van der Waals surface area contributed by atoms with Crippen LogP contribution in [-0.2, 0) is 16.6 Å². The smallest absolute Gasteiger partial charge is 0.284 e. The Morgan fingerprint density at radius 2 is 1.97 bits per heavy atom. The molecule has 0 aliphatic carbocycles. The van der Waals surface area contributed by atoms with E-state index in [0.29, 0.717) is 23.3 Å². The molecule has 0 radical (unpaired) electrons. The lowest BCUT2D eigenvalue weighted by atomic mass is 10.2. The Bertz CT molecular complexity index is 1190. The van der Waals surface area contributed by atoms with Gasteiger partial charge in [0.15, 0.2) is 11.0 Å². The van der Waals surface area contributed by atoms with E-state index in [9.17, 15) is 18.5 Å². The quantitative estimate of drug-likeness (QED) is 0.410. The van der Waals surface area contributed by atoms with Crippen molar-refractivity contribution in [2.24, 2.45) is 0 Å². The molecule has 0 aliphatic rings. The zero-order valence-corrected chi connectivity index (χ0v) is 18.0. The standard InChI is InChI=1S/C18H19N5O5S2/c1-4-22-17(13-7-5-6-8-15(13)28-3)20-21-18(22)29-16-10-9-12(30(26,27)19-2)11-14(16)23(24)25/h5-11,19H,4H2,1-3H3. The minimum Gasteiger partial charge on any atom is -0.496 e. The van der Waals surface area contributed by atoms with E-state index in [2.05, 4.69) is 14.9 Å². The summed E-state index contributed by atoms with van der Waals surface area (Å²) in [5.41, 5.74) is 0.409. The van der Waals surface area contributed by atoms with Crippen LogP contribution in [0.2, 0.25) is 0 Å². The Morgan fingerprint density at radius 1 is 1.23 bits per heavy atom. The number of nitrogens with one attached hydrogen (secondary N) is 1. The summed E-state index contributed by atoms with van der Waals surface area (Å²) in [7, 11) is -1.00. The van der Waals surface area contributed by atoms with Crippen LogP contribution >= 0.6 is 11.8 Å². The van der Waals surface area contributed by atoms with Gasteiger partial charge in [0.05, 0.1) is 27.4 Å². The molecule has 158 valence electrons. The minimum absolute atomic E-state index is 0.187. The summed E-state index contributed by atoms with van der Waals surface area (Å²) < 4.78 is 33.3. The molecule has 2 aromatic carbocycles. The van der Waals surface area contributed by atoms with E-state index in [0.717, 1.165) is 23.4 Å². The third-order valence-corrected chi connectivity index (χ3v) is 6.75. The number of sulfonamides is 1. The van der Waals surface area contributed by atoms with E-state index < -0.39 is 14.9 Å². The summed E-state index contributed by atoms with van der Waals surface area (Å²) in [5, 5.41) is 20.4. The van der Waals surface area contributed by atoms with Crippen molar-refractivity contribution in [3.63, 3.8) is 0 Å². The first kappa shape index (κ1) is 21.7. The molecule has 0 aliphatic heterocycles. The molecule has 12 heteroatoms. The minimum atomic E-state index is -3.81. The zero-order valence-electron chi connectivity index (χ0n) is 16.4. The normalized spacial score (nSPS) is 11.4. The highest BCUT2D eigenvalue weighted by molar-refractivity contribution is 7.99. The highest BCUT2D eigenvalue weighted by Crippen LogP contribution is 2.37. The number of nitro benzene ring substituents is 1. The van der Waals surface area contributed by atoms with Gasteiger partial charge in [-0.15, -0.1) is 10.2 Å². The second kappa shape index (κ2) is 8.81. The molecule has 1 N–H and O–H groups in total. The molecule has 0 unspecified atom stereocenters. The van der Waals surface area contributed by atoms with Crippen LogP contribution in [0.1, 0.15) is 6.92 Å². The number of benzene rings is 2. The van der Waals surface area contributed by atoms with Crippen LogP contribution in [0.3, 0.4) is 0 Å². The van der Waals surface area contributed by atoms with Gasteiger partial charge in [-0.3, -0.25) is 10.1 Å². The highest BCUT2D eigenvalue weighted by atomic mass is 32.2. The summed E-state index contributed by atoms with van der Waals surface area (Å²) in [6.45, 7) is 2.42. The number of rotatable bonds is 8. The predicted octanol–water partition coefficient (Wildman–Crippen LogP) is 2.94.